The molecule has 0 bridgehead atoms. The third kappa shape index (κ3) is 4.61. The zero-order chi connectivity index (χ0) is 22.5. The topological polar surface area (TPSA) is 83.8 Å². The van der Waals surface area contributed by atoms with Gasteiger partial charge in [0.1, 0.15) is 17.2 Å². The highest BCUT2D eigenvalue weighted by Crippen LogP contribution is 2.38. The molecule has 5 nitrogen and oxygen atoms in total. The molecular formula is C26H26O5. The van der Waals surface area contributed by atoms with Crippen molar-refractivity contribution >= 4 is 11.6 Å². The van der Waals surface area contributed by atoms with Crippen LogP contribution in [0.4, 0.5) is 0 Å². The van der Waals surface area contributed by atoms with Crippen molar-refractivity contribution in [3.63, 3.8) is 0 Å². The lowest BCUT2D eigenvalue weighted by Gasteiger charge is -2.29. The number of rotatable bonds is 8. The van der Waals surface area contributed by atoms with Crippen LogP contribution in [0.5, 0.6) is 17.2 Å². The Kier molecular flexibility index (Phi) is 6.75. The first-order chi connectivity index (χ1) is 14.8. The first-order valence-corrected chi connectivity index (χ1v) is 10.1. The number of Topliss-reactive ketones (excluding diaryl/α,β-unsaturated/α-hetero) is 2. The Morgan fingerprint density at radius 2 is 1.13 bits per heavy atom. The number of hydrogen-bond donors (Lipinski definition) is 2. The number of benzene rings is 3. The van der Waals surface area contributed by atoms with Gasteiger partial charge in [-0.3, -0.25) is 9.59 Å². The van der Waals surface area contributed by atoms with Crippen LogP contribution in [0.2, 0.25) is 0 Å². The Morgan fingerprint density at radius 1 is 0.710 bits per heavy atom. The first-order valence-electron chi connectivity index (χ1n) is 10.1. The number of methoxy groups -OCH3 is 1. The summed E-state index contributed by atoms with van der Waals surface area (Å²) in [6.07, 6.45) is 0. The van der Waals surface area contributed by atoms with Crippen molar-refractivity contribution in [2.45, 2.75) is 19.8 Å². The van der Waals surface area contributed by atoms with E-state index in [1.165, 1.54) is 12.1 Å². The monoisotopic (exact) mass is 418 g/mol. The van der Waals surface area contributed by atoms with Crippen molar-refractivity contribution in [1.29, 1.82) is 0 Å². The predicted octanol–water partition coefficient (Wildman–Crippen LogP) is 5.23. The Bertz CT molecular complexity index is 1010. The van der Waals surface area contributed by atoms with Crippen LogP contribution in [-0.4, -0.2) is 28.9 Å². The van der Waals surface area contributed by atoms with Crippen molar-refractivity contribution in [2.75, 3.05) is 7.11 Å². The van der Waals surface area contributed by atoms with Gasteiger partial charge in [0.2, 0.25) is 0 Å². The minimum absolute atomic E-state index is 0.0903. The number of phenols is 2. The van der Waals surface area contributed by atoms with Gasteiger partial charge in [0.05, 0.1) is 18.2 Å². The van der Waals surface area contributed by atoms with E-state index >= 15 is 0 Å². The lowest BCUT2D eigenvalue weighted by molar-refractivity contribution is 0.0834. The normalized spacial score (nSPS) is 12.9. The van der Waals surface area contributed by atoms with Crippen LogP contribution in [0.25, 0.3) is 0 Å². The zero-order valence-electron chi connectivity index (χ0n) is 17.8. The lowest BCUT2D eigenvalue weighted by Crippen LogP contribution is -2.29. The Hall–Kier alpha value is -3.60. The van der Waals surface area contributed by atoms with Crippen molar-refractivity contribution in [1.82, 2.24) is 0 Å². The number of hydrogen-bond acceptors (Lipinski definition) is 5. The second-order valence-electron chi connectivity index (χ2n) is 7.64. The van der Waals surface area contributed by atoms with Crippen molar-refractivity contribution < 1.29 is 24.5 Å². The van der Waals surface area contributed by atoms with Gasteiger partial charge in [0.25, 0.3) is 0 Å². The maximum Gasteiger partial charge on any atom is 0.170 e. The van der Waals surface area contributed by atoms with Gasteiger partial charge in [0.15, 0.2) is 11.6 Å². The minimum atomic E-state index is -0.605. The summed E-state index contributed by atoms with van der Waals surface area (Å²) in [5.74, 6) is -1.71. The van der Waals surface area contributed by atoms with E-state index in [0.29, 0.717) is 5.75 Å². The summed E-state index contributed by atoms with van der Waals surface area (Å²) in [7, 11) is 1.57. The van der Waals surface area contributed by atoms with Crippen LogP contribution in [0.15, 0.2) is 72.8 Å². The molecular weight excluding hydrogens is 392 g/mol. The highest BCUT2D eigenvalue weighted by Gasteiger charge is 2.36. The fourth-order valence-electron chi connectivity index (χ4n) is 4.02. The minimum Gasteiger partial charge on any atom is -0.507 e. The van der Waals surface area contributed by atoms with E-state index in [0.717, 1.165) is 5.56 Å². The summed E-state index contributed by atoms with van der Waals surface area (Å²) < 4.78 is 5.23. The summed E-state index contributed by atoms with van der Waals surface area (Å²) in [4.78, 5) is 26.6. The molecule has 0 heterocycles. The molecule has 2 atom stereocenters. The molecule has 0 aromatic heterocycles. The smallest absolute Gasteiger partial charge is 0.170 e. The molecule has 0 radical (unpaired) electrons. The second-order valence-corrected chi connectivity index (χ2v) is 7.64. The third-order valence-corrected chi connectivity index (χ3v) is 5.74. The molecule has 160 valence electrons. The third-order valence-electron chi connectivity index (χ3n) is 5.74. The van der Waals surface area contributed by atoms with Gasteiger partial charge in [-0.1, -0.05) is 50.2 Å². The Balaban J connectivity index is 2.03. The molecule has 3 aromatic carbocycles. The van der Waals surface area contributed by atoms with Crippen LogP contribution >= 0.6 is 0 Å². The maximum atomic E-state index is 13.3. The fourth-order valence-corrected chi connectivity index (χ4v) is 4.02. The van der Waals surface area contributed by atoms with Crippen LogP contribution in [0.3, 0.4) is 0 Å². The summed E-state index contributed by atoms with van der Waals surface area (Å²) in [5.41, 5.74) is 1.24. The second kappa shape index (κ2) is 9.47. The number of ether oxygens (including phenoxy) is 1. The van der Waals surface area contributed by atoms with Gasteiger partial charge in [-0.25, -0.2) is 0 Å². The number of carbonyl (C=O) groups is 2. The van der Waals surface area contributed by atoms with Gasteiger partial charge in [-0.15, -0.1) is 0 Å². The van der Waals surface area contributed by atoms with E-state index in [-0.39, 0.29) is 34.2 Å². The SMILES string of the molecule is COc1ccc(C([C@@H](C)C(=O)c2ccccc2O)[C@@H](C)C(=O)c2ccccc2O)cc1. The van der Waals surface area contributed by atoms with Crippen LogP contribution in [0, 0.1) is 11.8 Å². The predicted molar refractivity (Wildman–Crippen MR) is 119 cm³/mol. The molecule has 31 heavy (non-hydrogen) atoms. The molecule has 0 aliphatic rings. The molecule has 0 aliphatic heterocycles. The van der Waals surface area contributed by atoms with Crippen LogP contribution in [0.1, 0.15) is 46.0 Å². The Labute approximate surface area is 181 Å². The number of carbonyl (C=O) groups excluding carboxylic acids is 2. The molecule has 0 unspecified atom stereocenters. The first kappa shape index (κ1) is 22.1. The Morgan fingerprint density at radius 3 is 1.52 bits per heavy atom. The summed E-state index contributed by atoms with van der Waals surface area (Å²) >= 11 is 0. The standard InChI is InChI=1S/C26H26O5/c1-16(25(29)20-8-4-6-10-22(20)27)24(18-12-14-19(31-3)15-13-18)17(2)26(30)21-9-5-7-11-23(21)28/h4-17,24,27-28H,1-3H3/t16-,17-/m1/s1. The number of phenolic OH excluding ortho intramolecular Hbond substituents is 2. The maximum absolute atomic E-state index is 13.3. The van der Waals surface area contributed by atoms with E-state index in [1.807, 2.05) is 12.1 Å². The molecule has 3 rings (SSSR count). The van der Waals surface area contributed by atoms with E-state index < -0.39 is 17.8 Å². The van der Waals surface area contributed by atoms with Crippen molar-refractivity contribution in [3.8, 4) is 17.2 Å². The molecule has 0 aliphatic carbocycles. The molecule has 0 spiro atoms. The van der Waals surface area contributed by atoms with Gasteiger partial charge >= 0.3 is 0 Å². The largest absolute Gasteiger partial charge is 0.507 e. The lowest BCUT2D eigenvalue weighted by atomic mass is 9.73. The molecule has 0 saturated heterocycles. The molecule has 5 heteroatoms. The number of ketones is 2. The van der Waals surface area contributed by atoms with Gasteiger partial charge in [0, 0.05) is 17.8 Å². The van der Waals surface area contributed by atoms with E-state index in [9.17, 15) is 19.8 Å². The molecule has 0 amide bonds. The fraction of sp³-hybridized carbons (Fsp3) is 0.231. The average Bonchev–Trinajstić information content (AvgIpc) is 2.79. The average molecular weight is 418 g/mol. The van der Waals surface area contributed by atoms with Crippen LogP contribution in [-0.2, 0) is 0 Å². The van der Waals surface area contributed by atoms with Crippen molar-refractivity contribution in [3.05, 3.63) is 89.5 Å². The molecule has 0 fully saturated rings. The van der Waals surface area contributed by atoms with Gasteiger partial charge in [-0.2, -0.15) is 0 Å². The van der Waals surface area contributed by atoms with Gasteiger partial charge in [-0.05, 0) is 42.0 Å². The summed E-state index contributed by atoms with van der Waals surface area (Å²) in [5, 5.41) is 20.4. The summed E-state index contributed by atoms with van der Waals surface area (Å²) in [6.45, 7) is 3.52. The number of para-hydroxylation sites is 2. The quantitative estimate of drug-likeness (QED) is 0.490. The van der Waals surface area contributed by atoms with Crippen LogP contribution < -0.4 is 4.74 Å². The number of aromatic hydroxyl groups is 2. The van der Waals surface area contributed by atoms with E-state index in [4.69, 9.17) is 4.74 Å². The van der Waals surface area contributed by atoms with Crippen molar-refractivity contribution in [2.24, 2.45) is 11.8 Å². The highest BCUT2D eigenvalue weighted by molar-refractivity contribution is 6.03. The molecule has 0 saturated carbocycles. The molecule has 3 aromatic rings. The van der Waals surface area contributed by atoms with E-state index in [1.54, 1.807) is 69.5 Å². The van der Waals surface area contributed by atoms with Gasteiger partial charge < -0.3 is 14.9 Å². The van der Waals surface area contributed by atoms with E-state index in [2.05, 4.69) is 0 Å². The molecule has 2 N–H and O–H groups in total. The zero-order valence-corrected chi connectivity index (χ0v) is 17.8. The highest BCUT2D eigenvalue weighted by atomic mass is 16.5. The summed E-state index contributed by atoms with van der Waals surface area (Å²) in [6, 6.07) is 20.1.